The van der Waals surface area contributed by atoms with Gasteiger partial charge >= 0.3 is 0 Å². The fourth-order valence-corrected chi connectivity index (χ4v) is 2.90. The van der Waals surface area contributed by atoms with Crippen molar-refractivity contribution in [3.63, 3.8) is 0 Å². The van der Waals surface area contributed by atoms with E-state index in [2.05, 4.69) is 25.6 Å². The molecule has 2 N–H and O–H groups in total. The zero-order valence-electron chi connectivity index (χ0n) is 13.0. The van der Waals surface area contributed by atoms with Gasteiger partial charge in [-0.15, -0.1) is 0 Å². The summed E-state index contributed by atoms with van der Waals surface area (Å²) < 4.78 is 5.30. The first kappa shape index (κ1) is 14.8. The lowest BCUT2D eigenvalue weighted by Crippen LogP contribution is -2.34. The number of carbonyl (C=O) groups excluding carboxylic acids is 1. The summed E-state index contributed by atoms with van der Waals surface area (Å²) in [6, 6.07) is 3.78. The van der Waals surface area contributed by atoms with Crippen molar-refractivity contribution in [2.45, 2.75) is 12.8 Å². The van der Waals surface area contributed by atoms with Crippen molar-refractivity contribution in [2.24, 2.45) is 5.92 Å². The smallest absolute Gasteiger partial charge is 0.228 e. The van der Waals surface area contributed by atoms with Crippen molar-refractivity contribution in [3.8, 4) is 11.3 Å². The summed E-state index contributed by atoms with van der Waals surface area (Å²) in [4.78, 5) is 24.9. The fraction of sp³-hybridized carbons (Fsp3) is 0.294. The Kier molecular flexibility index (Phi) is 3.92. The maximum Gasteiger partial charge on any atom is 0.228 e. The van der Waals surface area contributed by atoms with Crippen LogP contribution >= 0.6 is 0 Å². The zero-order chi connectivity index (χ0) is 16.4. The highest BCUT2D eigenvalue weighted by molar-refractivity contribution is 5.94. The van der Waals surface area contributed by atoms with Gasteiger partial charge in [-0.3, -0.25) is 9.78 Å². The molecule has 0 aromatic carbocycles. The Hall–Kier alpha value is -2.80. The van der Waals surface area contributed by atoms with E-state index in [4.69, 9.17) is 4.42 Å². The lowest BCUT2D eigenvalue weighted by Gasteiger charge is -2.21. The van der Waals surface area contributed by atoms with E-state index in [1.807, 2.05) is 12.1 Å². The molecule has 4 heterocycles. The van der Waals surface area contributed by atoms with Crippen molar-refractivity contribution in [1.29, 1.82) is 0 Å². The van der Waals surface area contributed by atoms with E-state index < -0.39 is 0 Å². The molecule has 1 saturated heterocycles. The second-order valence-corrected chi connectivity index (χ2v) is 5.87. The first-order chi connectivity index (χ1) is 11.8. The number of anilines is 1. The zero-order valence-corrected chi connectivity index (χ0v) is 13.0. The third-order valence-electron chi connectivity index (χ3n) is 4.25. The third kappa shape index (κ3) is 2.98. The van der Waals surface area contributed by atoms with E-state index in [1.54, 1.807) is 18.6 Å². The molecule has 7 heteroatoms. The molecule has 24 heavy (non-hydrogen) atoms. The molecule has 0 atom stereocenters. The molecule has 4 rings (SSSR count). The molecule has 0 bridgehead atoms. The molecule has 3 aromatic heterocycles. The van der Waals surface area contributed by atoms with Crippen LogP contribution in [-0.2, 0) is 4.79 Å². The van der Waals surface area contributed by atoms with Gasteiger partial charge in [-0.25, -0.2) is 9.97 Å². The topological polar surface area (TPSA) is 92.9 Å². The molecule has 0 aliphatic carbocycles. The predicted octanol–water partition coefficient (Wildman–Crippen LogP) is 2.22. The van der Waals surface area contributed by atoms with Crippen molar-refractivity contribution in [1.82, 2.24) is 20.3 Å². The van der Waals surface area contributed by atoms with E-state index in [0.29, 0.717) is 11.6 Å². The molecule has 7 nitrogen and oxygen atoms in total. The number of hydrogen-bond acceptors (Lipinski definition) is 6. The van der Waals surface area contributed by atoms with Gasteiger partial charge in [-0.2, -0.15) is 0 Å². The average molecular weight is 323 g/mol. The van der Waals surface area contributed by atoms with Crippen molar-refractivity contribution < 1.29 is 9.21 Å². The molecule has 1 fully saturated rings. The van der Waals surface area contributed by atoms with Gasteiger partial charge in [-0.1, -0.05) is 0 Å². The number of oxazole rings is 1. The number of nitrogens with one attached hydrogen (secondary N) is 2. The summed E-state index contributed by atoms with van der Waals surface area (Å²) in [5.74, 6) is 1.27. The van der Waals surface area contributed by atoms with Crippen LogP contribution in [0.5, 0.6) is 0 Å². The standard InChI is InChI=1S/C17H17N5O2/c23-17(11-1-3-18-4-2-11)22-16-6-12-5-13(15-9-19-10-24-15)7-20-14(12)8-21-16/h5-11,18H,1-4H2,(H,21,22,23). The lowest BCUT2D eigenvalue weighted by molar-refractivity contribution is -0.120. The van der Waals surface area contributed by atoms with Crippen LogP contribution in [0.2, 0.25) is 0 Å². The van der Waals surface area contributed by atoms with Crippen LogP contribution in [0, 0.1) is 5.92 Å². The van der Waals surface area contributed by atoms with E-state index in [0.717, 1.165) is 42.4 Å². The second-order valence-electron chi connectivity index (χ2n) is 5.87. The van der Waals surface area contributed by atoms with Gasteiger partial charge in [0, 0.05) is 23.1 Å². The number of rotatable bonds is 3. The van der Waals surface area contributed by atoms with Crippen LogP contribution in [-0.4, -0.2) is 33.9 Å². The third-order valence-corrected chi connectivity index (χ3v) is 4.25. The van der Waals surface area contributed by atoms with Crippen LogP contribution in [0.3, 0.4) is 0 Å². The normalized spacial score (nSPS) is 15.5. The Morgan fingerprint density at radius 2 is 2.04 bits per heavy atom. The van der Waals surface area contributed by atoms with E-state index in [1.165, 1.54) is 6.39 Å². The maximum atomic E-state index is 12.3. The first-order valence-electron chi connectivity index (χ1n) is 7.96. The Bertz CT molecular complexity index is 857. The van der Waals surface area contributed by atoms with Gasteiger partial charge in [0.2, 0.25) is 5.91 Å². The molecule has 3 aromatic rings. The summed E-state index contributed by atoms with van der Waals surface area (Å²) in [5.41, 5.74) is 1.60. The molecular formula is C17H17N5O2. The summed E-state index contributed by atoms with van der Waals surface area (Å²) in [6.45, 7) is 1.77. The molecular weight excluding hydrogens is 306 g/mol. The first-order valence-corrected chi connectivity index (χ1v) is 7.96. The quantitative estimate of drug-likeness (QED) is 0.768. The minimum Gasteiger partial charge on any atom is -0.443 e. The number of nitrogens with zero attached hydrogens (tertiary/aromatic N) is 3. The molecule has 1 aliphatic heterocycles. The Morgan fingerprint density at radius 3 is 2.83 bits per heavy atom. The highest BCUT2D eigenvalue weighted by Crippen LogP contribution is 2.23. The van der Waals surface area contributed by atoms with Crippen LogP contribution < -0.4 is 10.6 Å². The van der Waals surface area contributed by atoms with Gasteiger partial charge in [0.1, 0.15) is 5.82 Å². The van der Waals surface area contributed by atoms with Crippen LogP contribution in [0.25, 0.3) is 22.2 Å². The number of carbonyl (C=O) groups is 1. The van der Waals surface area contributed by atoms with Gasteiger partial charge in [0.05, 0.1) is 17.9 Å². The largest absolute Gasteiger partial charge is 0.443 e. The lowest BCUT2D eigenvalue weighted by atomic mass is 9.97. The summed E-state index contributed by atoms with van der Waals surface area (Å²) in [7, 11) is 0. The molecule has 0 spiro atoms. The van der Waals surface area contributed by atoms with Crippen molar-refractivity contribution >= 4 is 22.6 Å². The summed E-state index contributed by atoms with van der Waals surface area (Å²) in [5, 5.41) is 7.06. The second kappa shape index (κ2) is 6.37. The Morgan fingerprint density at radius 1 is 1.17 bits per heavy atom. The van der Waals surface area contributed by atoms with Crippen molar-refractivity contribution in [2.75, 3.05) is 18.4 Å². The fourth-order valence-electron chi connectivity index (χ4n) is 2.90. The number of aromatic nitrogens is 3. The molecule has 0 unspecified atom stereocenters. The average Bonchev–Trinajstić information content (AvgIpc) is 3.16. The van der Waals surface area contributed by atoms with Crippen LogP contribution in [0.1, 0.15) is 12.8 Å². The Balaban J connectivity index is 1.58. The highest BCUT2D eigenvalue weighted by Gasteiger charge is 2.21. The molecule has 122 valence electrons. The Labute approximate surface area is 138 Å². The van der Waals surface area contributed by atoms with Gasteiger partial charge < -0.3 is 15.1 Å². The highest BCUT2D eigenvalue weighted by atomic mass is 16.3. The van der Waals surface area contributed by atoms with Crippen molar-refractivity contribution in [3.05, 3.63) is 37.1 Å². The van der Waals surface area contributed by atoms with E-state index in [9.17, 15) is 4.79 Å². The van der Waals surface area contributed by atoms with Crippen LogP contribution in [0.4, 0.5) is 5.82 Å². The number of hydrogen-bond donors (Lipinski definition) is 2. The van der Waals surface area contributed by atoms with Gasteiger partial charge in [0.25, 0.3) is 0 Å². The maximum absolute atomic E-state index is 12.3. The van der Waals surface area contributed by atoms with Gasteiger partial charge in [-0.05, 0) is 38.1 Å². The monoisotopic (exact) mass is 323 g/mol. The number of piperidine rings is 1. The minimum atomic E-state index is 0.0303. The number of pyridine rings is 2. The molecule has 1 amide bonds. The SMILES string of the molecule is O=C(Nc1cc2cc(-c3cnco3)cnc2cn1)C1CCNCC1. The van der Waals surface area contributed by atoms with Crippen LogP contribution in [0.15, 0.2) is 41.5 Å². The van der Waals surface area contributed by atoms with Gasteiger partial charge in [0.15, 0.2) is 12.2 Å². The minimum absolute atomic E-state index is 0.0303. The molecule has 0 saturated carbocycles. The van der Waals surface area contributed by atoms with E-state index in [-0.39, 0.29) is 11.8 Å². The number of fused-ring (bicyclic) bond motifs is 1. The molecule has 0 radical (unpaired) electrons. The molecule has 1 aliphatic rings. The number of amides is 1. The summed E-state index contributed by atoms with van der Waals surface area (Å²) in [6.07, 6.45) is 8.13. The predicted molar refractivity (Wildman–Crippen MR) is 89.3 cm³/mol. The van der Waals surface area contributed by atoms with E-state index >= 15 is 0 Å². The summed E-state index contributed by atoms with van der Waals surface area (Å²) >= 11 is 0.